The van der Waals surface area contributed by atoms with Crippen LogP contribution in [0.3, 0.4) is 0 Å². The second-order valence-electron chi connectivity index (χ2n) is 6.60. The van der Waals surface area contributed by atoms with Crippen LogP contribution in [-0.2, 0) is 11.3 Å². The third-order valence-corrected chi connectivity index (χ3v) is 4.49. The molecule has 1 amide bonds. The normalized spacial score (nSPS) is 16.8. The van der Waals surface area contributed by atoms with E-state index in [-0.39, 0.29) is 5.91 Å². The zero-order valence-corrected chi connectivity index (χ0v) is 14.8. The van der Waals surface area contributed by atoms with E-state index in [9.17, 15) is 4.79 Å². The van der Waals surface area contributed by atoms with Crippen LogP contribution >= 0.6 is 0 Å². The Morgan fingerprint density at radius 3 is 2.60 bits per heavy atom. The van der Waals surface area contributed by atoms with Gasteiger partial charge in [-0.25, -0.2) is 0 Å². The molecular weight excluding hydrogens is 310 g/mol. The van der Waals surface area contributed by atoms with Gasteiger partial charge in [-0.2, -0.15) is 0 Å². The number of pyridine rings is 1. The maximum absolute atomic E-state index is 12.4. The third-order valence-electron chi connectivity index (χ3n) is 4.49. The Bertz CT molecular complexity index is 712. The van der Waals surface area contributed by atoms with Crippen LogP contribution in [0.1, 0.15) is 24.5 Å². The van der Waals surface area contributed by atoms with Crippen molar-refractivity contribution in [3.05, 3.63) is 71.6 Å². The van der Waals surface area contributed by atoms with Gasteiger partial charge in [0.05, 0.1) is 0 Å². The predicted molar refractivity (Wildman–Crippen MR) is 101 cm³/mol. The van der Waals surface area contributed by atoms with Crippen LogP contribution in [0.15, 0.2) is 60.4 Å². The fourth-order valence-corrected chi connectivity index (χ4v) is 3.18. The number of amides is 1. The first-order chi connectivity index (χ1) is 12.2. The zero-order valence-electron chi connectivity index (χ0n) is 14.8. The Labute approximate surface area is 149 Å². The van der Waals surface area contributed by atoms with Gasteiger partial charge in [-0.1, -0.05) is 42.0 Å². The van der Waals surface area contributed by atoms with Crippen molar-refractivity contribution in [1.29, 1.82) is 0 Å². The van der Waals surface area contributed by atoms with Crippen molar-refractivity contribution in [1.82, 2.24) is 14.8 Å². The molecule has 0 saturated carbocycles. The number of aromatic nitrogens is 1. The van der Waals surface area contributed by atoms with Crippen LogP contribution in [0.4, 0.5) is 0 Å². The third kappa shape index (κ3) is 5.26. The molecule has 130 valence electrons. The van der Waals surface area contributed by atoms with E-state index in [0.717, 1.165) is 31.7 Å². The summed E-state index contributed by atoms with van der Waals surface area (Å²) in [6.07, 6.45) is 6.37. The summed E-state index contributed by atoms with van der Waals surface area (Å²) in [4.78, 5) is 20.8. The van der Waals surface area contributed by atoms with E-state index in [2.05, 4.69) is 47.1 Å². The first kappa shape index (κ1) is 17.4. The number of rotatable bonds is 5. The highest BCUT2D eigenvalue weighted by molar-refractivity contribution is 5.76. The largest absolute Gasteiger partial charge is 0.337 e. The molecular formula is C21H25N3O. The number of carbonyl (C=O) groups excluding carboxylic acids is 1. The quantitative estimate of drug-likeness (QED) is 0.842. The van der Waals surface area contributed by atoms with Crippen LogP contribution in [-0.4, -0.2) is 46.9 Å². The Kier molecular flexibility index (Phi) is 5.96. The van der Waals surface area contributed by atoms with Gasteiger partial charge in [0.2, 0.25) is 5.91 Å². The summed E-state index contributed by atoms with van der Waals surface area (Å²) in [5, 5.41) is 0. The lowest BCUT2D eigenvalue weighted by Crippen LogP contribution is -2.33. The van der Waals surface area contributed by atoms with Crippen molar-refractivity contribution in [3.8, 4) is 0 Å². The second kappa shape index (κ2) is 8.58. The van der Waals surface area contributed by atoms with Gasteiger partial charge in [0.1, 0.15) is 0 Å². The van der Waals surface area contributed by atoms with Gasteiger partial charge in [-0.15, -0.1) is 0 Å². The summed E-state index contributed by atoms with van der Waals surface area (Å²) < 4.78 is 0. The fourth-order valence-electron chi connectivity index (χ4n) is 3.18. The van der Waals surface area contributed by atoms with Gasteiger partial charge in [-0.05, 0) is 30.2 Å². The Morgan fingerprint density at radius 2 is 1.84 bits per heavy atom. The highest BCUT2D eigenvalue weighted by Crippen LogP contribution is 2.12. The highest BCUT2D eigenvalue weighted by Gasteiger charge is 2.20. The molecule has 1 aromatic heterocycles. The van der Waals surface area contributed by atoms with Gasteiger partial charge in [-0.3, -0.25) is 14.7 Å². The molecule has 1 saturated heterocycles. The molecule has 0 bridgehead atoms. The van der Waals surface area contributed by atoms with Crippen LogP contribution in [0.2, 0.25) is 0 Å². The number of benzene rings is 1. The molecule has 0 unspecified atom stereocenters. The van der Waals surface area contributed by atoms with E-state index in [0.29, 0.717) is 13.0 Å². The molecule has 0 aliphatic carbocycles. The summed E-state index contributed by atoms with van der Waals surface area (Å²) >= 11 is 0. The summed E-state index contributed by atoms with van der Waals surface area (Å²) in [7, 11) is 0. The minimum absolute atomic E-state index is 0.240. The van der Waals surface area contributed by atoms with Gasteiger partial charge < -0.3 is 4.90 Å². The molecule has 4 nitrogen and oxygen atoms in total. The molecule has 2 heterocycles. The van der Waals surface area contributed by atoms with Crippen molar-refractivity contribution in [2.24, 2.45) is 0 Å². The number of hydrogen-bond acceptors (Lipinski definition) is 3. The summed E-state index contributed by atoms with van der Waals surface area (Å²) in [5.74, 6) is 0.240. The Morgan fingerprint density at radius 1 is 1.08 bits per heavy atom. The number of hydrogen-bond donors (Lipinski definition) is 0. The van der Waals surface area contributed by atoms with Gasteiger partial charge in [0.15, 0.2) is 0 Å². The SMILES string of the molecule is C/C(=C\c1ccccc1)CN1CCC(=O)N(Cc2ccncc2)CC1. The molecule has 25 heavy (non-hydrogen) atoms. The van der Waals surface area contributed by atoms with Crippen molar-refractivity contribution in [3.63, 3.8) is 0 Å². The lowest BCUT2D eigenvalue weighted by atomic mass is 10.1. The Balaban J connectivity index is 1.57. The lowest BCUT2D eigenvalue weighted by Gasteiger charge is -2.22. The van der Waals surface area contributed by atoms with Gasteiger partial charge >= 0.3 is 0 Å². The average molecular weight is 335 g/mol. The minimum atomic E-state index is 0.240. The zero-order chi connectivity index (χ0) is 17.5. The van der Waals surface area contributed by atoms with Crippen LogP contribution < -0.4 is 0 Å². The molecule has 0 N–H and O–H groups in total. The van der Waals surface area contributed by atoms with E-state index in [1.54, 1.807) is 12.4 Å². The Hall–Kier alpha value is -2.46. The monoisotopic (exact) mass is 335 g/mol. The van der Waals surface area contributed by atoms with Crippen molar-refractivity contribution < 1.29 is 4.79 Å². The number of nitrogens with zero attached hydrogens (tertiary/aromatic N) is 3. The number of carbonyl (C=O) groups is 1. The van der Waals surface area contributed by atoms with Crippen LogP contribution in [0, 0.1) is 0 Å². The van der Waals surface area contributed by atoms with E-state index < -0.39 is 0 Å². The van der Waals surface area contributed by atoms with Gasteiger partial charge in [0.25, 0.3) is 0 Å². The summed E-state index contributed by atoms with van der Waals surface area (Å²) in [6.45, 7) is 6.26. The maximum Gasteiger partial charge on any atom is 0.224 e. The van der Waals surface area contributed by atoms with Crippen molar-refractivity contribution >= 4 is 12.0 Å². The van der Waals surface area contributed by atoms with E-state index in [1.165, 1.54) is 11.1 Å². The topological polar surface area (TPSA) is 36.4 Å². The summed E-state index contributed by atoms with van der Waals surface area (Å²) in [5.41, 5.74) is 3.68. The standard InChI is InChI=1S/C21H25N3O/c1-18(15-19-5-3-2-4-6-19)16-23-12-9-21(25)24(14-13-23)17-20-7-10-22-11-8-20/h2-8,10-11,15H,9,12-14,16-17H2,1H3/b18-15+. The van der Waals surface area contributed by atoms with Crippen LogP contribution in [0.5, 0.6) is 0 Å². The first-order valence-electron chi connectivity index (χ1n) is 8.82. The van der Waals surface area contributed by atoms with Crippen LogP contribution in [0.25, 0.3) is 6.08 Å². The summed E-state index contributed by atoms with van der Waals surface area (Å²) in [6, 6.07) is 14.3. The highest BCUT2D eigenvalue weighted by atomic mass is 16.2. The first-order valence-corrected chi connectivity index (χ1v) is 8.82. The minimum Gasteiger partial charge on any atom is -0.337 e. The molecule has 1 aromatic carbocycles. The van der Waals surface area contributed by atoms with Gasteiger partial charge in [0, 0.05) is 51.5 Å². The molecule has 0 spiro atoms. The second-order valence-corrected chi connectivity index (χ2v) is 6.60. The molecule has 0 atom stereocenters. The van der Waals surface area contributed by atoms with E-state index in [4.69, 9.17) is 0 Å². The van der Waals surface area contributed by atoms with E-state index in [1.807, 2.05) is 23.1 Å². The molecule has 2 aromatic rings. The molecule has 1 aliphatic heterocycles. The smallest absolute Gasteiger partial charge is 0.224 e. The molecule has 4 heteroatoms. The predicted octanol–water partition coefficient (Wildman–Crippen LogP) is 3.22. The average Bonchev–Trinajstić information content (AvgIpc) is 2.79. The maximum atomic E-state index is 12.4. The molecule has 3 rings (SSSR count). The van der Waals surface area contributed by atoms with Crippen molar-refractivity contribution in [2.75, 3.05) is 26.2 Å². The van der Waals surface area contributed by atoms with E-state index >= 15 is 0 Å². The lowest BCUT2D eigenvalue weighted by molar-refractivity contribution is -0.130. The molecule has 0 radical (unpaired) electrons. The molecule has 1 aliphatic rings. The fraction of sp³-hybridized carbons (Fsp3) is 0.333. The van der Waals surface area contributed by atoms with Crippen molar-refractivity contribution in [2.45, 2.75) is 19.9 Å². The molecule has 1 fully saturated rings.